The quantitative estimate of drug-likeness (QED) is 0.787. The molecule has 0 atom stereocenters. The van der Waals surface area contributed by atoms with Crippen LogP contribution in [0.4, 0.5) is 0 Å². The highest BCUT2D eigenvalue weighted by Crippen LogP contribution is 2.29. The van der Waals surface area contributed by atoms with E-state index in [0.717, 1.165) is 37.1 Å². The Morgan fingerprint density at radius 3 is 2.70 bits per heavy atom. The first-order valence-corrected chi connectivity index (χ1v) is 7.69. The van der Waals surface area contributed by atoms with Crippen LogP contribution in [-0.4, -0.2) is 20.3 Å². The maximum atomic E-state index is 6.00. The van der Waals surface area contributed by atoms with Crippen LogP contribution in [0.2, 0.25) is 0 Å². The van der Waals surface area contributed by atoms with E-state index in [9.17, 15) is 0 Å². The molecule has 0 aliphatic heterocycles. The molecule has 1 N–H and O–H groups in total. The first kappa shape index (κ1) is 15.2. The van der Waals surface area contributed by atoms with E-state index in [0.29, 0.717) is 5.92 Å². The van der Waals surface area contributed by atoms with Gasteiger partial charge < -0.3 is 14.8 Å². The molecule has 0 amide bonds. The summed E-state index contributed by atoms with van der Waals surface area (Å²) in [6.07, 6.45) is 3.99. The Kier molecular flexibility index (Phi) is 5.72. The van der Waals surface area contributed by atoms with E-state index in [2.05, 4.69) is 25.2 Å². The largest absolute Gasteiger partial charge is 0.497 e. The smallest absolute Gasteiger partial charge is 0.124 e. The summed E-state index contributed by atoms with van der Waals surface area (Å²) in [5.74, 6) is 3.30. The van der Waals surface area contributed by atoms with Crippen LogP contribution >= 0.6 is 0 Å². The topological polar surface area (TPSA) is 30.5 Å². The Balaban J connectivity index is 1.95. The fraction of sp³-hybridized carbons (Fsp3) is 0.647. The number of methoxy groups -OCH3 is 1. The van der Waals surface area contributed by atoms with E-state index in [1.54, 1.807) is 7.11 Å². The molecule has 3 nitrogen and oxygen atoms in total. The molecule has 0 saturated heterocycles. The highest BCUT2D eigenvalue weighted by Gasteiger charge is 2.18. The highest BCUT2D eigenvalue weighted by molar-refractivity contribution is 5.40. The van der Waals surface area contributed by atoms with Gasteiger partial charge in [0.25, 0.3) is 0 Å². The Morgan fingerprint density at radius 1 is 1.30 bits per heavy atom. The minimum absolute atomic E-state index is 0.653. The summed E-state index contributed by atoms with van der Waals surface area (Å²) >= 11 is 0. The average molecular weight is 277 g/mol. The van der Waals surface area contributed by atoms with Gasteiger partial charge in [-0.1, -0.05) is 20.3 Å². The lowest BCUT2D eigenvalue weighted by atomic mass is 9.86. The van der Waals surface area contributed by atoms with Gasteiger partial charge in [-0.25, -0.2) is 0 Å². The van der Waals surface area contributed by atoms with Crippen molar-refractivity contribution in [3.05, 3.63) is 23.8 Å². The zero-order chi connectivity index (χ0) is 14.4. The summed E-state index contributed by atoms with van der Waals surface area (Å²) in [5, 5.41) is 3.47. The number of benzene rings is 1. The van der Waals surface area contributed by atoms with Crippen molar-refractivity contribution in [3.8, 4) is 11.5 Å². The van der Waals surface area contributed by atoms with Crippen molar-refractivity contribution in [1.82, 2.24) is 5.32 Å². The molecule has 3 heteroatoms. The molecule has 112 valence electrons. The standard InChI is InChI=1S/C17H27NO2/c1-13(2)10-18-11-15-9-16(19-3)7-8-17(15)20-12-14-5-4-6-14/h7-9,13-14,18H,4-6,10-12H2,1-3H3. The first-order chi connectivity index (χ1) is 9.69. The van der Waals surface area contributed by atoms with Gasteiger partial charge in [0.15, 0.2) is 0 Å². The predicted molar refractivity (Wildman–Crippen MR) is 82.4 cm³/mol. The minimum Gasteiger partial charge on any atom is -0.497 e. The third kappa shape index (κ3) is 4.41. The van der Waals surface area contributed by atoms with Crippen LogP contribution in [0.25, 0.3) is 0 Å². The van der Waals surface area contributed by atoms with Crippen LogP contribution in [0.15, 0.2) is 18.2 Å². The van der Waals surface area contributed by atoms with E-state index >= 15 is 0 Å². The number of nitrogens with one attached hydrogen (secondary N) is 1. The molecule has 0 aromatic heterocycles. The van der Waals surface area contributed by atoms with Gasteiger partial charge in [-0.2, -0.15) is 0 Å². The van der Waals surface area contributed by atoms with Crippen LogP contribution < -0.4 is 14.8 Å². The van der Waals surface area contributed by atoms with Crippen molar-refractivity contribution >= 4 is 0 Å². The van der Waals surface area contributed by atoms with Crippen LogP contribution in [0, 0.1) is 11.8 Å². The number of rotatable bonds is 8. The molecule has 2 rings (SSSR count). The zero-order valence-electron chi connectivity index (χ0n) is 12.9. The van der Waals surface area contributed by atoms with E-state index in [-0.39, 0.29) is 0 Å². The third-order valence-corrected chi connectivity index (χ3v) is 3.83. The lowest BCUT2D eigenvalue weighted by Gasteiger charge is -2.26. The number of hydrogen-bond donors (Lipinski definition) is 1. The molecule has 1 aliphatic carbocycles. The predicted octanol–water partition coefficient (Wildman–Crippen LogP) is 3.62. The fourth-order valence-corrected chi connectivity index (χ4v) is 2.32. The minimum atomic E-state index is 0.653. The third-order valence-electron chi connectivity index (χ3n) is 3.83. The van der Waals surface area contributed by atoms with Gasteiger partial charge in [0.05, 0.1) is 13.7 Å². The molecular formula is C17H27NO2. The second-order valence-electron chi connectivity index (χ2n) is 6.11. The molecule has 1 saturated carbocycles. The van der Waals surface area contributed by atoms with Crippen molar-refractivity contribution in [2.75, 3.05) is 20.3 Å². The van der Waals surface area contributed by atoms with E-state index < -0.39 is 0 Å². The molecule has 1 aromatic rings. The van der Waals surface area contributed by atoms with Crippen LogP contribution in [-0.2, 0) is 6.54 Å². The van der Waals surface area contributed by atoms with E-state index in [4.69, 9.17) is 9.47 Å². The van der Waals surface area contributed by atoms with Crippen molar-refractivity contribution in [2.24, 2.45) is 11.8 Å². The van der Waals surface area contributed by atoms with Gasteiger partial charge in [-0.3, -0.25) is 0 Å². The lowest BCUT2D eigenvalue weighted by Crippen LogP contribution is -2.21. The molecule has 1 aromatic carbocycles. The Hall–Kier alpha value is -1.22. The van der Waals surface area contributed by atoms with Gasteiger partial charge in [-0.05, 0) is 49.4 Å². The van der Waals surface area contributed by atoms with Crippen LogP contribution in [0.5, 0.6) is 11.5 Å². The molecule has 0 heterocycles. The van der Waals surface area contributed by atoms with Gasteiger partial charge in [0.2, 0.25) is 0 Å². The second kappa shape index (κ2) is 7.53. The van der Waals surface area contributed by atoms with Crippen LogP contribution in [0.1, 0.15) is 38.7 Å². The molecule has 0 spiro atoms. The SMILES string of the molecule is COc1ccc(OCC2CCC2)c(CNCC(C)C)c1. The molecule has 1 fully saturated rings. The van der Waals surface area contributed by atoms with Crippen molar-refractivity contribution in [3.63, 3.8) is 0 Å². The Bertz CT molecular complexity index is 413. The fourth-order valence-electron chi connectivity index (χ4n) is 2.32. The van der Waals surface area contributed by atoms with Crippen molar-refractivity contribution in [1.29, 1.82) is 0 Å². The maximum Gasteiger partial charge on any atom is 0.124 e. The lowest BCUT2D eigenvalue weighted by molar-refractivity contribution is 0.179. The molecular weight excluding hydrogens is 250 g/mol. The average Bonchev–Trinajstić information content (AvgIpc) is 2.37. The van der Waals surface area contributed by atoms with Crippen molar-refractivity contribution < 1.29 is 9.47 Å². The van der Waals surface area contributed by atoms with Gasteiger partial charge in [0.1, 0.15) is 11.5 Å². The Morgan fingerprint density at radius 2 is 2.10 bits per heavy atom. The number of ether oxygens (including phenoxy) is 2. The molecule has 20 heavy (non-hydrogen) atoms. The monoisotopic (exact) mass is 277 g/mol. The van der Waals surface area contributed by atoms with Gasteiger partial charge in [0, 0.05) is 12.1 Å². The summed E-state index contributed by atoms with van der Waals surface area (Å²) in [6.45, 7) is 7.12. The number of hydrogen-bond acceptors (Lipinski definition) is 3. The maximum absolute atomic E-state index is 6.00. The van der Waals surface area contributed by atoms with Gasteiger partial charge in [-0.15, -0.1) is 0 Å². The van der Waals surface area contributed by atoms with Crippen LogP contribution in [0.3, 0.4) is 0 Å². The molecule has 1 aliphatic rings. The summed E-state index contributed by atoms with van der Waals surface area (Å²) in [6, 6.07) is 6.08. The molecule has 0 unspecified atom stereocenters. The second-order valence-corrected chi connectivity index (χ2v) is 6.11. The first-order valence-electron chi connectivity index (χ1n) is 7.69. The summed E-state index contributed by atoms with van der Waals surface area (Å²) in [4.78, 5) is 0. The highest BCUT2D eigenvalue weighted by atomic mass is 16.5. The van der Waals surface area contributed by atoms with E-state index in [1.165, 1.54) is 24.8 Å². The van der Waals surface area contributed by atoms with E-state index in [1.807, 2.05) is 12.1 Å². The van der Waals surface area contributed by atoms with Crippen molar-refractivity contribution in [2.45, 2.75) is 39.7 Å². The Labute approximate surface area is 122 Å². The summed E-state index contributed by atoms with van der Waals surface area (Å²) < 4.78 is 11.3. The molecule has 0 bridgehead atoms. The summed E-state index contributed by atoms with van der Waals surface area (Å²) in [7, 11) is 1.70. The summed E-state index contributed by atoms with van der Waals surface area (Å²) in [5.41, 5.74) is 1.18. The molecule has 0 radical (unpaired) electrons. The normalized spacial score (nSPS) is 15.2. The zero-order valence-corrected chi connectivity index (χ0v) is 12.9. The van der Waals surface area contributed by atoms with Gasteiger partial charge >= 0.3 is 0 Å².